The first-order chi connectivity index (χ1) is 26.6. The van der Waals surface area contributed by atoms with Gasteiger partial charge in [-0.2, -0.15) is 26.3 Å². The molecule has 3 atom stereocenters. The number of likely N-dealkylation sites (tertiary alicyclic amines) is 2. The molecule has 4 heterocycles. The fraction of sp³-hybridized carbons (Fsp3) is 0.525. The van der Waals surface area contributed by atoms with Crippen molar-refractivity contribution < 1.29 is 45.0 Å². The van der Waals surface area contributed by atoms with Crippen LogP contribution in [-0.2, 0) is 4.79 Å². The van der Waals surface area contributed by atoms with Crippen LogP contribution in [0.2, 0.25) is 0 Å². The van der Waals surface area contributed by atoms with Crippen LogP contribution in [0.3, 0.4) is 0 Å². The summed E-state index contributed by atoms with van der Waals surface area (Å²) in [6.45, 7) is 1.14. The Morgan fingerprint density at radius 1 is 0.679 bits per heavy atom. The minimum atomic E-state index is -4.40. The molecule has 0 aliphatic carbocycles. The number of hydrogen-bond acceptors (Lipinski definition) is 5. The number of nitrogens with zero attached hydrogens (tertiary/aromatic N) is 4. The number of halogens is 8. The summed E-state index contributed by atoms with van der Waals surface area (Å²) in [6, 6.07) is 14.9. The molecule has 0 bridgehead atoms. The van der Waals surface area contributed by atoms with E-state index >= 15 is 0 Å². The highest BCUT2D eigenvalue weighted by molar-refractivity contribution is 5.77. The molecule has 304 valence electrons. The Labute approximate surface area is 319 Å². The number of amides is 1. The highest BCUT2D eigenvalue weighted by atomic mass is 19.4. The number of hydrogen-bond donors (Lipinski definition) is 3. The van der Waals surface area contributed by atoms with Crippen LogP contribution >= 0.6 is 0 Å². The summed E-state index contributed by atoms with van der Waals surface area (Å²) in [6.07, 6.45) is -10.5. The van der Waals surface area contributed by atoms with Crippen molar-refractivity contribution in [3.63, 3.8) is 0 Å². The van der Waals surface area contributed by atoms with Crippen molar-refractivity contribution in [1.29, 1.82) is 0 Å². The first-order valence-electron chi connectivity index (χ1n) is 19.0. The number of benzene rings is 2. The summed E-state index contributed by atoms with van der Waals surface area (Å²) < 4.78 is 106. The molecule has 2 aliphatic heterocycles. The summed E-state index contributed by atoms with van der Waals surface area (Å²) in [5.41, 5.74) is 4.40. The number of aliphatic hydroxyl groups is 1. The number of piperidine rings is 2. The van der Waals surface area contributed by atoms with E-state index in [1.807, 2.05) is 48.5 Å². The van der Waals surface area contributed by atoms with E-state index in [0.29, 0.717) is 30.3 Å². The summed E-state index contributed by atoms with van der Waals surface area (Å²) in [4.78, 5) is 31.2. The van der Waals surface area contributed by atoms with Gasteiger partial charge in [-0.3, -0.25) is 9.69 Å². The number of aromatic amines is 2. The lowest BCUT2D eigenvalue weighted by molar-refractivity contribution is -0.139. The lowest BCUT2D eigenvalue weighted by atomic mass is 9.96. The molecule has 2 aliphatic rings. The fourth-order valence-corrected chi connectivity index (χ4v) is 7.45. The van der Waals surface area contributed by atoms with Crippen molar-refractivity contribution in [1.82, 2.24) is 29.7 Å². The smallest absolute Gasteiger partial charge is 0.378 e. The molecule has 16 heteroatoms. The van der Waals surface area contributed by atoms with Gasteiger partial charge in [0.05, 0.1) is 23.8 Å². The van der Waals surface area contributed by atoms with Crippen LogP contribution in [-0.4, -0.2) is 97.9 Å². The predicted molar refractivity (Wildman–Crippen MR) is 195 cm³/mol. The van der Waals surface area contributed by atoms with Crippen molar-refractivity contribution in [3.8, 4) is 33.6 Å². The molecule has 2 saturated heterocycles. The van der Waals surface area contributed by atoms with Crippen LogP contribution in [0.5, 0.6) is 0 Å². The fourth-order valence-electron chi connectivity index (χ4n) is 7.45. The van der Waals surface area contributed by atoms with Gasteiger partial charge < -0.3 is 20.0 Å². The van der Waals surface area contributed by atoms with Gasteiger partial charge >= 0.3 is 12.4 Å². The quantitative estimate of drug-likeness (QED) is 0.111. The van der Waals surface area contributed by atoms with Crippen molar-refractivity contribution >= 4 is 5.91 Å². The van der Waals surface area contributed by atoms with Crippen LogP contribution < -0.4 is 0 Å². The molecule has 2 aromatic carbocycles. The maximum Gasteiger partial charge on any atom is 0.389 e. The Hall–Kier alpha value is -4.31. The summed E-state index contributed by atoms with van der Waals surface area (Å²) in [7, 11) is 0. The van der Waals surface area contributed by atoms with Gasteiger partial charge in [-0.05, 0) is 67.2 Å². The van der Waals surface area contributed by atoms with Gasteiger partial charge in [0.1, 0.15) is 30.2 Å². The Morgan fingerprint density at radius 3 is 1.55 bits per heavy atom. The lowest BCUT2D eigenvalue weighted by Gasteiger charge is -2.34. The van der Waals surface area contributed by atoms with Gasteiger partial charge in [-0.25, -0.2) is 18.7 Å². The van der Waals surface area contributed by atoms with E-state index in [9.17, 15) is 45.0 Å². The van der Waals surface area contributed by atoms with E-state index in [1.165, 1.54) is 11.1 Å². The first-order valence-corrected chi connectivity index (χ1v) is 19.0. The van der Waals surface area contributed by atoms with Crippen LogP contribution in [0.4, 0.5) is 35.1 Å². The van der Waals surface area contributed by atoms with E-state index in [2.05, 4.69) is 19.9 Å². The number of H-pyrrole nitrogens is 2. The van der Waals surface area contributed by atoms with E-state index in [1.54, 1.807) is 11.1 Å². The number of aromatic nitrogens is 4. The minimum absolute atomic E-state index is 0.0226. The molecule has 4 aromatic rings. The number of imidazole rings is 2. The van der Waals surface area contributed by atoms with Crippen molar-refractivity contribution in [2.75, 3.05) is 26.2 Å². The van der Waals surface area contributed by atoms with E-state index < -0.39 is 55.6 Å². The number of carbonyl (C=O) groups excluding carboxylic acids is 1. The monoisotopic (exact) mass is 794 g/mol. The van der Waals surface area contributed by atoms with Crippen LogP contribution in [0, 0.1) is 0 Å². The second-order valence-corrected chi connectivity index (χ2v) is 14.9. The highest BCUT2D eigenvalue weighted by Gasteiger charge is 2.34. The van der Waals surface area contributed by atoms with Crippen molar-refractivity contribution in [2.45, 2.75) is 107 Å². The summed E-state index contributed by atoms with van der Waals surface area (Å²) in [5, 5.41) is 10.8. The number of rotatable bonds is 14. The molecule has 0 radical (unpaired) electrons. The Kier molecular flexibility index (Phi) is 13.2. The maximum absolute atomic E-state index is 13.6. The second kappa shape index (κ2) is 17.9. The molecule has 6 rings (SSSR count). The largest absolute Gasteiger partial charge is 0.389 e. The molecule has 1 amide bonds. The van der Waals surface area contributed by atoms with Crippen molar-refractivity contribution in [3.05, 3.63) is 72.6 Å². The molecule has 2 fully saturated rings. The van der Waals surface area contributed by atoms with E-state index in [-0.39, 0.29) is 76.2 Å². The van der Waals surface area contributed by atoms with Crippen LogP contribution in [0.15, 0.2) is 60.9 Å². The number of alkyl halides is 8. The molecule has 56 heavy (non-hydrogen) atoms. The zero-order chi connectivity index (χ0) is 40.0. The molecule has 0 spiro atoms. The average Bonchev–Trinajstić information content (AvgIpc) is 3.86. The highest BCUT2D eigenvalue weighted by Crippen LogP contribution is 2.35. The molecule has 8 nitrogen and oxygen atoms in total. The summed E-state index contributed by atoms with van der Waals surface area (Å²) in [5.74, 6) is -1.21. The Balaban J connectivity index is 1.11. The Bertz CT molecular complexity index is 1840. The third-order valence-electron chi connectivity index (χ3n) is 10.8. The van der Waals surface area contributed by atoms with E-state index in [0.717, 1.165) is 22.3 Å². The Morgan fingerprint density at radius 2 is 1.09 bits per heavy atom. The van der Waals surface area contributed by atoms with Crippen LogP contribution in [0.25, 0.3) is 33.6 Å². The zero-order valence-corrected chi connectivity index (χ0v) is 30.7. The number of aliphatic hydroxyl groups excluding tert-OH is 1. The van der Waals surface area contributed by atoms with Gasteiger partial charge in [0.25, 0.3) is 0 Å². The maximum atomic E-state index is 13.6. The molecule has 1 unspecified atom stereocenters. The molecular formula is C40H46F8N6O2. The standard InChI is InChI=1S/C40H46F8N6O2/c41-31-11-17-53(18-12-31)35(55)21-29(9-15-39(43,44)45)37-49-23-33(51-37)27-5-1-25(2-6-27)26-3-7-28(8-4-26)34-24-50-38(52-34)30(10-16-40(46,47)48)22-36(56)54-19-13-32(42)14-20-54/h1-8,23-24,29-32,35,55H,9-22H2,(H,49,51)(H,50,52)/t29-,30-,35?/m1/s1. The molecule has 2 aromatic heterocycles. The van der Waals surface area contributed by atoms with Gasteiger partial charge in [-0.15, -0.1) is 0 Å². The van der Waals surface area contributed by atoms with E-state index in [4.69, 9.17) is 0 Å². The lowest BCUT2D eigenvalue weighted by Crippen LogP contribution is -2.42. The normalized spacial score (nSPS) is 18.3. The predicted octanol–water partition coefficient (Wildman–Crippen LogP) is 9.48. The SMILES string of the molecule is O=C(C[C@@H](CCC(F)(F)F)c1ncc(-c2ccc(-c3ccc(-c4cnc([C@H](CCC(F)(F)F)CC(O)N5CCC(F)CC5)[nH]4)cc3)cc2)[nH]1)N1CCC(F)CC1. The van der Waals surface area contributed by atoms with Gasteiger partial charge in [0.2, 0.25) is 5.91 Å². The third kappa shape index (κ3) is 11.4. The van der Waals surface area contributed by atoms with Gasteiger partial charge in [0, 0.05) is 57.3 Å². The molecular weight excluding hydrogens is 748 g/mol. The van der Waals surface area contributed by atoms with Gasteiger partial charge in [-0.1, -0.05) is 48.5 Å². The summed E-state index contributed by atoms with van der Waals surface area (Å²) >= 11 is 0. The van der Waals surface area contributed by atoms with Gasteiger partial charge in [0.15, 0.2) is 0 Å². The number of nitrogens with one attached hydrogen (secondary N) is 2. The zero-order valence-electron chi connectivity index (χ0n) is 30.7. The first kappa shape index (κ1) is 41.3. The van der Waals surface area contributed by atoms with Crippen LogP contribution in [0.1, 0.15) is 87.7 Å². The third-order valence-corrected chi connectivity index (χ3v) is 10.8. The number of carbonyl (C=O) groups is 1. The minimum Gasteiger partial charge on any atom is -0.378 e. The molecule has 3 N–H and O–H groups in total. The molecule has 0 saturated carbocycles. The topological polar surface area (TPSA) is 101 Å². The average molecular weight is 795 g/mol. The van der Waals surface area contributed by atoms with Crippen molar-refractivity contribution in [2.24, 2.45) is 0 Å². The second-order valence-electron chi connectivity index (χ2n) is 14.9.